The predicted octanol–water partition coefficient (Wildman–Crippen LogP) is 1.70. The van der Waals surface area contributed by atoms with Crippen LogP contribution in [0.2, 0.25) is 5.15 Å². The van der Waals surface area contributed by atoms with Crippen molar-refractivity contribution in [1.29, 1.82) is 5.26 Å². The summed E-state index contributed by atoms with van der Waals surface area (Å²) in [6.07, 6.45) is 0.692. The van der Waals surface area contributed by atoms with Crippen LogP contribution in [-0.2, 0) is 4.74 Å². The minimum Gasteiger partial charge on any atom is -0.367 e. The highest BCUT2D eigenvalue weighted by atomic mass is 35.5. The van der Waals surface area contributed by atoms with Crippen LogP contribution in [0.5, 0.6) is 0 Å². The lowest BCUT2D eigenvalue weighted by Gasteiger charge is -2.18. The van der Waals surface area contributed by atoms with Crippen LogP contribution in [-0.4, -0.2) is 23.5 Å². The van der Waals surface area contributed by atoms with Crippen LogP contribution < -0.4 is 0 Å². The Morgan fingerprint density at radius 3 is 2.87 bits per heavy atom. The Hall–Kier alpha value is -1.15. The highest BCUT2D eigenvalue weighted by Gasteiger charge is 2.20. The van der Waals surface area contributed by atoms with Gasteiger partial charge >= 0.3 is 0 Å². The molecule has 0 amide bonds. The summed E-state index contributed by atoms with van der Waals surface area (Å²) in [6, 6.07) is 5.33. The second-order valence-electron chi connectivity index (χ2n) is 3.01. The number of pyridine rings is 1. The Labute approximate surface area is 93.1 Å². The number of hydrogen-bond acceptors (Lipinski definition) is 4. The first-order chi connectivity index (χ1) is 7.19. The molecule has 0 radical (unpaired) electrons. The average Bonchev–Trinajstić information content (AvgIpc) is 2.26. The number of nitriles is 1. The summed E-state index contributed by atoms with van der Waals surface area (Å²) in [6.45, 7) is 0. The molecule has 0 saturated heterocycles. The molecule has 1 heterocycles. The fraction of sp³-hybridized carbons (Fsp3) is 0.400. The summed E-state index contributed by atoms with van der Waals surface area (Å²) in [5.74, 6) is -0.398. The summed E-state index contributed by atoms with van der Waals surface area (Å²) in [7, 11) is 1.39. The van der Waals surface area contributed by atoms with Crippen LogP contribution in [0.1, 0.15) is 17.9 Å². The second kappa shape index (κ2) is 5.66. The largest absolute Gasteiger partial charge is 0.367 e. The summed E-state index contributed by atoms with van der Waals surface area (Å²) < 4.78 is 4.79. The fourth-order valence-corrected chi connectivity index (χ4v) is 1.36. The third kappa shape index (κ3) is 3.17. The highest BCUT2D eigenvalue weighted by Crippen LogP contribution is 2.23. The van der Waals surface area contributed by atoms with Gasteiger partial charge in [-0.15, -0.1) is 0 Å². The van der Waals surface area contributed by atoms with Gasteiger partial charge in [0, 0.05) is 25.6 Å². The van der Waals surface area contributed by atoms with Gasteiger partial charge < -0.3 is 9.84 Å². The van der Waals surface area contributed by atoms with Crippen molar-refractivity contribution in [2.45, 2.75) is 18.6 Å². The van der Waals surface area contributed by atoms with Crippen LogP contribution in [0, 0.1) is 11.3 Å². The molecule has 1 aromatic rings. The molecular weight excluding hydrogens is 216 g/mol. The molecule has 0 aromatic carbocycles. The Morgan fingerprint density at radius 1 is 1.67 bits per heavy atom. The Balaban J connectivity index is 2.89. The molecule has 1 N–H and O–H groups in total. The maximum Gasteiger partial charge on any atom is 0.162 e. The summed E-state index contributed by atoms with van der Waals surface area (Å²) in [5, 5.41) is 18.5. The maximum absolute atomic E-state index is 9.54. The lowest BCUT2D eigenvalue weighted by atomic mass is 9.97. The summed E-state index contributed by atoms with van der Waals surface area (Å²) in [5.41, 5.74) is 0.732. The zero-order valence-corrected chi connectivity index (χ0v) is 8.98. The first-order valence-corrected chi connectivity index (χ1v) is 4.76. The highest BCUT2D eigenvalue weighted by molar-refractivity contribution is 6.29. The predicted molar refractivity (Wildman–Crippen MR) is 55.2 cm³/mol. The zero-order valence-electron chi connectivity index (χ0n) is 8.22. The number of hydrogen-bond donors (Lipinski definition) is 1. The van der Waals surface area contributed by atoms with Crippen molar-refractivity contribution >= 4 is 11.6 Å². The van der Waals surface area contributed by atoms with Gasteiger partial charge in [0.15, 0.2) is 6.29 Å². The monoisotopic (exact) mass is 226 g/mol. The van der Waals surface area contributed by atoms with E-state index in [0.717, 1.165) is 5.56 Å². The van der Waals surface area contributed by atoms with Crippen molar-refractivity contribution in [3.05, 3.63) is 29.0 Å². The van der Waals surface area contributed by atoms with E-state index in [1.165, 1.54) is 13.3 Å². The van der Waals surface area contributed by atoms with E-state index in [9.17, 15) is 5.11 Å². The molecule has 1 aromatic heterocycles. The minimum atomic E-state index is -1.01. The normalized spacial score (nSPS) is 14.3. The zero-order chi connectivity index (χ0) is 11.3. The molecule has 4 nitrogen and oxygen atoms in total. The van der Waals surface area contributed by atoms with E-state index in [0.29, 0.717) is 5.15 Å². The Kier molecular flexibility index (Phi) is 4.50. The van der Waals surface area contributed by atoms with Crippen molar-refractivity contribution in [3.8, 4) is 6.07 Å². The van der Waals surface area contributed by atoms with Crippen LogP contribution in [0.4, 0.5) is 0 Å². The van der Waals surface area contributed by atoms with E-state index in [4.69, 9.17) is 21.6 Å². The van der Waals surface area contributed by atoms with E-state index in [-0.39, 0.29) is 6.42 Å². The lowest BCUT2D eigenvalue weighted by molar-refractivity contribution is -0.0906. The van der Waals surface area contributed by atoms with E-state index in [2.05, 4.69) is 4.98 Å². The van der Waals surface area contributed by atoms with Gasteiger partial charge in [0.25, 0.3) is 0 Å². The van der Waals surface area contributed by atoms with Gasteiger partial charge in [-0.2, -0.15) is 5.26 Å². The molecule has 1 rings (SSSR count). The number of halogens is 1. The SMILES string of the molecule is COC(O)C(CC#N)c1ccc(Cl)nc1. The minimum absolute atomic E-state index is 0.165. The third-order valence-electron chi connectivity index (χ3n) is 2.08. The van der Waals surface area contributed by atoms with Gasteiger partial charge in [-0.3, -0.25) is 0 Å². The third-order valence-corrected chi connectivity index (χ3v) is 2.30. The number of aliphatic hydroxyl groups is 1. The topological polar surface area (TPSA) is 66.1 Å². The van der Waals surface area contributed by atoms with Crippen LogP contribution >= 0.6 is 11.6 Å². The molecule has 0 saturated carbocycles. The number of ether oxygens (including phenoxy) is 1. The Morgan fingerprint density at radius 2 is 2.40 bits per heavy atom. The van der Waals surface area contributed by atoms with Crippen LogP contribution in [0.3, 0.4) is 0 Å². The van der Waals surface area contributed by atoms with Crippen molar-refractivity contribution in [2.24, 2.45) is 0 Å². The van der Waals surface area contributed by atoms with Crippen LogP contribution in [0.15, 0.2) is 18.3 Å². The fourth-order valence-electron chi connectivity index (χ4n) is 1.25. The standard InChI is InChI=1S/C10H11ClN2O2/c1-15-10(14)8(4-5-12)7-2-3-9(11)13-6-7/h2-3,6,8,10,14H,4H2,1H3. The molecule has 2 unspecified atom stereocenters. The maximum atomic E-state index is 9.54. The lowest BCUT2D eigenvalue weighted by Crippen LogP contribution is -2.20. The summed E-state index contributed by atoms with van der Waals surface area (Å²) in [4.78, 5) is 3.89. The molecule has 0 aliphatic carbocycles. The molecule has 0 fully saturated rings. The van der Waals surface area contributed by atoms with E-state index < -0.39 is 12.2 Å². The number of aromatic nitrogens is 1. The van der Waals surface area contributed by atoms with Crippen LogP contribution in [0.25, 0.3) is 0 Å². The molecule has 80 valence electrons. The van der Waals surface area contributed by atoms with E-state index >= 15 is 0 Å². The average molecular weight is 227 g/mol. The van der Waals surface area contributed by atoms with Gasteiger partial charge in [0.1, 0.15) is 5.15 Å². The van der Waals surface area contributed by atoms with Crippen molar-refractivity contribution in [2.75, 3.05) is 7.11 Å². The van der Waals surface area contributed by atoms with Crippen molar-refractivity contribution in [1.82, 2.24) is 4.98 Å². The molecule has 0 spiro atoms. The number of methoxy groups -OCH3 is 1. The number of aliphatic hydroxyl groups excluding tert-OH is 1. The molecule has 0 aliphatic rings. The first-order valence-electron chi connectivity index (χ1n) is 4.38. The van der Waals surface area contributed by atoms with E-state index in [1.807, 2.05) is 6.07 Å². The number of rotatable bonds is 4. The molecule has 0 bridgehead atoms. The van der Waals surface area contributed by atoms with Gasteiger partial charge in [-0.1, -0.05) is 17.7 Å². The summed E-state index contributed by atoms with van der Waals surface area (Å²) >= 11 is 5.64. The molecule has 2 atom stereocenters. The van der Waals surface area contributed by atoms with Gasteiger partial charge in [0.05, 0.1) is 6.07 Å². The molecular formula is C10H11ClN2O2. The van der Waals surface area contributed by atoms with Gasteiger partial charge in [-0.25, -0.2) is 4.98 Å². The molecule has 15 heavy (non-hydrogen) atoms. The second-order valence-corrected chi connectivity index (χ2v) is 3.40. The van der Waals surface area contributed by atoms with Gasteiger partial charge in [-0.05, 0) is 11.6 Å². The number of nitrogens with zero attached hydrogens (tertiary/aromatic N) is 2. The quantitative estimate of drug-likeness (QED) is 0.627. The smallest absolute Gasteiger partial charge is 0.162 e. The van der Waals surface area contributed by atoms with E-state index in [1.54, 1.807) is 12.1 Å². The molecule has 0 aliphatic heterocycles. The van der Waals surface area contributed by atoms with Crippen molar-refractivity contribution < 1.29 is 9.84 Å². The van der Waals surface area contributed by atoms with Gasteiger partial charge in [0.2, 0.25) is 0 Å². The Bertz CT molecular complexity index is 347. The van der Waals surface area contributed by atoms with Crippen molar-refractivity contribution in [3.63, 3.8) is 0 Å². The molecule has 5 heteroatoms. The first kappa shape index (κ1) is 11.9.